The molecule has 0 fully saturated rings. The number of hydrogen-bond acceptors (Lipinski definition) is 5. The van der Waals surface area contributed by atoms with Crippen LogP contribution in [0.5, 0.6) is 5.75 Å². The van der Waals surface area contributed by atoms with Crippen LogP contribution in [-0.4, -0.2) is 34.4 Å². The maximum Gasteiger partial charge on any atom is 0.272 e. The summed E-state index contributed by atoms with van der Waals surface area (Å²) in [7, 11) is 1.62. The number of carbonyl (C=O) groups is 1. The van der Waals surface area contributed by atoms with E-state index in [4.69, 9.17) is 4.74 Å². The molecule has 4 rings (SSSR count). The van der Waals surface area contributed by atoms with Gasteiger partial charge in [-0.2, -0.15) is 0 Å². The maximum absolute atomic E-state index is 13.1. The molecule has 0 atom stereocenters. The van der Waals surface area contributed by atoms with E-state index in [0.717, 1.165) is 12.1 Å². The van der Waals surface area contributed by atoms with Crippen molar-refractivity contribution in [1.29, 1.82) is 0 Å². The highest BCUT2D eigenvalue weighted by Gasteiger charge is 2.23. The summed E-state index contributed by atoms with van der Waals surface area (Å²) in [6, 6.07) is 17.5. The molecule has 2 heterocycles. The van der Waals surface area contributed by atoms with Gasteiger partial charge in [0.2, 0.25) is 0 Å². The smallest absolute Gasteiger partial charge is 0.272 e. The third-order valence-electron chi connectivity index (χ3n) is 4.84. The number of methoxy groups -OCH3 is 1. The molecule has 0 spiro atoms. The van der Waals surface area contributed by atoms with Gasteiger partial charge < -0.3 is 15.0 Å². The molecule has 1 aromatic heterocycles. The number of anilines is 2. The van der Waals surface area contributed by atoms with Gasteiger partial charge in [0.25, 0.3) is 5.91 Å². The third kappa shape index (κ3) is 3.67. The number of rotatable bonds is 4. The highest BCUT2D eigenvalue weighted by molar-refractivity contribution is 5.93. The molecule has 6 heteroatoms. The zero-order valence-corrected chi connectivity index (χ0v) is 16.0. The minimum absolute atomic E-state index is 0.0805. The van der Waals surface area contributed by atoms with Crippen molar-refractivity contribution in [3.63, 3.8) is 0 Å². The van der Waals surface area contributed by atoms with Crippen LogP contribution >= 0.6 is 0 Å². The van der Waals surface area contributed by atoms with Gasteiger partial charge in [-0.05, 0) is 36.6 Å². The number of fused-ring (bicyclic) bond motifs is 1. The van der Waals surface area contributed by atoms with E-state index >= 15 is 0 Å². The lowest BCUT2D eigenvalue weighted by Crippen LogP contribution is -2.36. The van der Waals surface area contributed by atoms with Crippen molar-refractivity contribution in [3.8, 4) is 5.75 Å². The fourth-order valence-electron chi connectivity index (χ4n) is 3.46. The molecule has 1 N–H and O–H groups in total. The molecular formula is C22H22N4O2. The summed E-state index contributed by atoms with van der Waals surface area (Å²) in [5, 5.41) is 3.23. The van der Waals surface area contributed by atoms with E-state index in [9.17, 15) is 4.79 Å². The second-order valence-electron chi connectivity index (χ2n) is 6.76. The molecule has 0 unspecified atom stereocenters. The molecule has 1 aliphatic heterocycles. The van der Waals surface area contributed by atoms with Crippen molar-refractivity contribution in [2.24, 2.45) is 0 Å². The molecule has 3 aromatic rings. The molecule has 1 aliphatic rings. The van der Waals surface area contributed by atoms with Crippen LogP contribution in [0.4, 0.5) is 11.5 Å². The standard InChI is InChI=1S/C22H22N4O2/c1-15-23-19(13-21(24-15)25-18-9-5-6-10-20(18)28-2)22(27)26-12-11-16-7-3-4-8-17(16)14-26/h3-10,13H,11-12,14H2,1-2H3,(H,23,24,25). The maximum atomic E-state index is 13.1. The van der Waals surface area contributed by atoms with E-state index in [1.807, 2.05) is 41.3 Å². The highest BCUT2D eigenvalue weighted by atomic mass is 16.5. The zero-order valence-electron chi connectivity index (χ0n) is 16.0. The molecular weight excluding hydrogens is 352 g/mol. The molecule has 1 amide bonds. The van der Waals surface area contributed by atoms with Crippen molar-refractivity contribution < 1.29 is 9.53 Å². The molecule has 28 heavy (non-hydrogen) atoms. The van der Waals surface area contributed by atoms with Crippen molar-refractivity contribution in [2.45, 2.75) is 19.9 Å². The second-order valence-corrected chi connectivity index (χ2v) is 6.76. The number of ether oxygens (including phenoxy) is 1. The molecule has 0 saturated heterocycles. The van der Waals surface area contributed by atoms with Crippen LogP contribution in [0.1, 0.15) is 27.4 Å². The van der Waals surface area contributed by atoms with E-state index in [1.54, 1.807) is 20.1 Å². The van der Waals surface area contributed by atoms with Gasteiger partial charge in [-0.3, -0.25) is 4.79 Å². The molecule has 2 aromatic carbocycles. The minimum atomic E-state index is -0.0805. The van der Waals surface area contributed by atoms with Crippen LogP contribution in [0.25, 0.3) is 0 Å². The first kappa shape index (κ1) is 18.0. The molecule has 0 saturated carbocycles. The van der Waals surface area contributed by atoms with Crippen molar-refractivity contribution >= 4 is 17.4 Å². The number of hydrogen-bond donors (Lipinski definition) is 1. The first-order valence-electron chi connectivity index (χ1n) is 9.26. The number of para-hydroxylation sites is 2. The van der Waals surface area contributed by atoms with Gasteiger partial charge in [0.15, 0.2) is 0 Å². The Morgan fingerprint density at radius 3 is 2.64 bits per heavy atom. The second kappa shape index (κ2) is 7.68. The van der Waals surface area contributed by atoms with E-state index in [0.29, 0.717) is 36.2 Å². The van der Waals surface area contributed by atoms with E-state index in [1.165, 1.54) is 11.1 Å². The Labute approximate surface area is 164 Å². The minimum Gasteiger partial charge on any atom is -0.495 e. The lowest BCUT2D eigenvalue weighted by atomic mass is 10.00. The van der Waals surface area contributed by atoms with Crippen molar-refractivity contribution in [2.75, 3.05) is 19.0 Å². The monoisotopic (exact) mass is 374 g/mol. The topological polar surface area (TPSA) is 67.3 Å². The summed E-state index contributed by atoms with van der Waals surface area (Å²) in [4.78, 5) is 23.7. The Morgan fingerprint density at radius 2 is 1.82 bits per heavy atom. The van der Waals surface area contributed by atoms with Crippen LogP contribution in [0.15, 0.2) is 54.6 Å². The first-order valence-corrected chi connectivity index (χ1v) is 9.26. The van der Waals surface area contributed by atoms with Gasteiger partial charge in [-0.15, -0.1) is 0 Å². The predicted molar refractivity (Wildman–Crippen MR) is 108 cm³/mol. The summed E-state index contributed by atoms with van der Waals surface area (Å²) in [6.45, 7) is 3.08. The normalized spacial score (nSPS) is 13.0. The Balaban J connectivity index is 1.58. The molecule has 142 valence electrons. The van der Waals surface area contributed by atoms with Crippen LogP contribution in [0.2, 0.25) is 0 Å². The van der Waals surface area contributed by atoms with E-state index in [2.05, 4.69) is 27.4 Å². The Kier molecular flexibility index (Phi) is 4.93. The average molecular weight is 374 g/mol. The molecule has 0 radical (unpaired) electrons. The molecule has 6 nitrogen and oxygen atoms in total. The van der Waals surface area contributed by atoms with Crippen molar-refractivity contribution in [3.05, 3.63) is 77.2 Å². The third-order valence-corrected chi connectivity index (χ3v) is 4.84. The number of aromatic nitrogens is 2. The van der Waals surface area contributed by atoms with Crippen LogP contribution in [0, 0.1) is 6.92 Å². The summed E-state index contributed by atoms with van der Waals surface area (Å²) < 4.78 is 5.37. The lowest BCUT2D eigenvalue weighted by Gasteiger charge is -2.28. The van der Waals surface area contributed by atoms with Gasteiger partial charge in [-0.25, -0.2) is 9.97 Å². The quantitative estimate of drug-likeness (QED) is 0.754. The van der Waals surface area contributed by atoms with E-state index in [-0.39, 0.29) is 5.91 Å². The Morgan fingerprint density at radius 1 is 1.07 bits per heavy atom. The van der Waals surface area contributed by atoms with Gasteiger partial charge >= 0.3 is 0 Å². The number of benzene rings is 2. The number of nitrogens with one attached hydrogen (secondary N) is 1. The van der Waals surface area contributed by atoms with Gasteiger partial charge in [-0.1, -0.05) is 36.4 Å². The van der Waals surface area contributed by atoms with Crippen molar-refractivity contribution in [1.82, 2.24) is 14.9 Å². The number of amides is 1. The predicted octanol–water partition coefficient (Wildman–Crippen LogP) is 3.74. The Hall–Kier alpha value is -3.41. The first-order chi connectivity index (χ1) is 13.6. The SMILES string of the molecule is COc1ccccc1Nc1cc(C(=O)N2CCc3ccccc3C2)nc(C)n1. The van der Waals surface area contributed by atoms with Crippen LogP contribution < -0.4 is 10.1 Å². The van der Waals surface area contributed by atoms with Crippen LogP contribution in [-0.2, 0) is 13.0 Å². The Bertz CT molecular complexity index is 1020. The number of aryl methyl sites for hydroxylation is 1. The van der Waals surface area contributed by atoms with E-state index < -0.39 is 0 Å². The van der Waals surface area contributed by atoms with Gasteiger partial charge in [0.05, 0.1) is 12.8 Å². The fourth-order valence-corrected chi connectivity index (χ4v) is 3.46. The summed E-state index contributed by atoms with van der Waals surface area (Å²) >= 11 is 0. The lowest BCUT2D eigenvalue weighted by molar-refractivity contribution is 0.0728. The fraction of sp³-hybridized carbons (Fsp3) is 0.227. The number of nitrogens with zero attached hydrogens (tertiary/aromatic N) is 3. The summed E-state index contributed by atoms with van der Waals surface area (Å²) in [5.74, 6) is 1.74. The average Bonchev–Trinajstić information content (AvgIpc) is 2.73. The summed E-state index contributed by atoms with van der Waals surface area (Å²) in [6.07, 6.45) is 0.859. The van der Waals surface area contributed by atoms with Gasteiger partial charge in [0.1, 0.15) is 23.1 Å². The van der Waals surface area contributed by atoms with Gasteiger partial charge in [0, 0.05) is 19.2 Å². The summed E-state index contributed by atoms with van der Waals surface area (Å²) in [5.41, 5.74) is 3.68. The molecule has 0 bridgehead atoms. The number of carbonyl (C=O) groups excluding carboxylic acids is 1. The largest absolute Gasteiger partial charge is 0.495 e. The molecule has 0 aliphatic carbocycles. The zero-order chi connectivity index (χ0) is 19.5. The van der Waals surface area contributed by atoms with Crippen LogP contribution in [0.3, 0.4) is 0 Å². The highest BCUT2D eigenvalue weighted by Crippen LogP contribution is 2.27.